The molecule has 0 N–H and O–H groups in total. The van der Waals surface area contributed by atoms with Gasteiger partial charge in [0.05, 0.1) is 10.6 Å². The average molecular weight is 494 g/mol. The summed E-state index contributed by atoms with van der Waals surface area (Å²) in [7, 11) is 0. The third-order valence-electron chi connectivity index (χ3n) is 4.27. The van der Waals surface area contributed by atoms with Crippen molar-refractivity contribution in [3.8, 4) is 11.5 Å². The molecule has 0 aliphatic carbocycles. The fourth-order valence-electron chi connectivity index (χ4n) is 2.93. The van der Waals surface area contributed by atoms with E-state index in [0.717, 1.165) is 15.7 Å². The second kappa shape index (κ2) is 8.42. The van der Waals surface area contributed by atoms with Crippen molar-refractivity contribution in [2.45, 2.75) is 13.8 Å². The highest BCUT2D eigenvalue weighted by atomic mass is 79.9. The van der Waals surface area contributed by atoms with Gasteiger partial charge in [0.25, 0.3) is 5.91 Å². The predicted octanol–water partition coefficient (Wildman–Crippen LogP) is 6.09. The summed E-state index contributed by atoms with van der Waals surface area (Å²) >= 11 is 10.9. The van der Waals surface area contributed by atoms with Gasteiger partial charge in [0.15, 0.2) is 16.7 Å². The zero-order valence-corrected chi connectivity index (χ0v) is 19.0. The lowest BCUT2D eigenvalue weighted by molar-refractivity contribution is -0.122. The van der Waals surface area contributed by atoms with Crippen LogP contribution in [0.3, 0.4) is 0 Å². The van der Waals surface area contributed by atoms with Crippen LogP contribution in [0.25, 0.3) is 6.08 Å². The summed E-state index contributed by atoms with van der Waals surface area (Å²) in [6, 6.07) is 11.0. The molecule has 2 aliphatic rings. The van der Waals surface area contributed by atoms with Crippen LogP contribution in [0.2, 0.25) is 5.02 Å². The molecule has 0 saturated carbocycles. The molecule has 0 unspecified atom stereocenters. The van der Waals surface area contributed by atoms with Crippen LogP contribution in [0.15, 0.2) is 50.8 Å². The molecule has 29 heavy (non-hydrogen) atoms. The monoisotopic (exact) mass is 492 g/mol. The molecule has 2 aromatic rings. The molecule has 2 aliphatic heterocycles. The van der Waals surface area contributed by atoms with Crippen LogP contribution in [0, 0.1) is 5.92 Å². The number of hydrogen-bond donors (Lipinski definition) is 0. The molecule has 0 bridgehead atoms. The number of amidine groups is 1. The zero-order chi connectivity index (χ0) is 20.5. The van der Waals surface area contributed by atoms with Gasteiger partial charge in [0, 0.05) is 16.0 Å². The second-order valence-corrected chi connectivity index (χ2v) is 9.32. The van der Waals surface area contributed by atoms with E-state index in [9.17, 15) is 4.79 Å². The Morgan fingerprint density at radius 1 is 1.24 bits per heavy atom. The highest BCUT2D eigenvalue weighted by Crippen LogP contribution is 2.40. The predicted molar refractivity (Wildman–Crippen MR) is 121 cm³/mol. The molecule has 1 fully saturated rings. The van der Waals surface area contributed by atoms with Crippen molar-refractivity contribution < 1.29 is 14.3 Å². The van der Waals surface area contributed by atoms with Gasteiger partial charge >= 0.3 is 0 Å². The number of halogens is 2. The minimum Gasteiger partial charge on any atom is -0.454 e. The van der Waals surface area contributed by atoms with Crippen molar-refractivity contribution in [3.63, 3.8) is 0 Å². The van der Waals surface area contributed by atoms with Crippen molar-refractivity contribution in [3.05, 3.63) is 56.4 Å². The molecule has 0 aromatic heterocycles. The number of carbonyl (C=O) groups is 1. The molecule has 1 saturated heterocycles. The summed E-state index contributed by atoms with van der Waals surface area (Å²) in [6.07, 6.45) is 1.86. The van der Waals surface area contributed by atoms with E-state index in [2.05, 4.69) is 34.8 Å². The van der Waals surface area contributed by atoms with E-state index >= 15 is 0 Å². The number of nitrogens with zero attached hydrogens (tertiary/aromatic N) is 2. The van der Waals surface area contributed by atoms with Gasteiger partial charge in [0.2, 0.25) is 6.79 Å². The summed E-state index contributed by atoms with van der Waals surface area (Å²) in [4.78, 5) is 20.1. The van der Waals surface area contributed by atoms with Crippen LogP contribution in [-0.4, -0.2) is 29.3 Å². The Morgan fingerprint density at radius 2 is 1.93 bits per heavy atom. The number of aliphatic imine (C=N–C) groups is 1. The van der Waals surface area contributed by atoms with Crippen LogP contribution in [0.5, 0.6) is 11.5 Å². The molecule has 0 spiro atoms. The van der Waals surface area contributed by atoms with Crippen molar-refractivity contribution >= 4 is 62.1 Å². The lowest BCUT2D eigenvalue weighted by Gasteiger charge is -2.17. The van der Waals surface area contributed by atoms with Crippen LogP contribution in [0.1, 0.15) is 19.4 Å². The summed E-state index contributed by atoms with van der Waals surface area (Å²) < 4.78 is 11.7. The van der Waals surface area contributed by atoms with Crippen LogP contribution < -0.4 is 9.47 Å². The molecular formula is C21H18BrClN2O3S. The van der Waals surface area contributed by atoms with E-state index in [4.69, 9.17) is 21.1 Å². The summed E-state index contributed by atoms with van der Waals surface area (Å²) in [5, 5.41) is 1.31. The highest BCUT2D eigenvalue weighted by Gasteiger charge is 2.34. The topological polar surface area (TPSA) is 51.1 Å². The van der Waals surface area contributed by atoms with Gasteiger partial charge in [-0.05, 0) is 65.7 Å². The molecule has 0 atom stereocenters. The minimum atomic E-state index is -0.0546. The first kappa shape index (κ1) is 20.3. The van der Waals surface area contributed by atoms with E-state index in [0.29, 0.717) is 39.1 Å². The zero-order valence-electron chi connectivity index (χ0n) is 15.8. The maximum Gasteiger partial charge on any atom is 0.266 e. The summed E-state index contributed by atoms with van der Waals surface area (Å²) in [6.45, 7) is 4.95. The Balaban J connectivity index is 1.69. The minimum absolute atomic E-state index is 0.0546. The standard InChI is InChI=1S/C21H18BrClN2O3S/c1-12(2)10-25-20(26)19(29-21(25)24-15-5-3-14(23)4-6-15)8-13-7-17-18(9-16(13)22)28-11-27-17/h3-9,12H,10-11H2,1-2H3/b19-8-,24-21?. The van der Waals surface area contributed by atoms with Crippen LogP contribution in [0.4, 0.5) is 5.69 Å². The number of ether oxygens (including phenoxy) is 2. The first-order valence-electron chi connectivity index (χ1n) is 9.05. The number of thioether (sulfide) groups is 1. The molecule has 2 aromatic carbocycles. The molecule has 1 amide bonds. The van der Waals surface area contributed by atoms with Gasteiger partial charge < -0.3 is 9.47 Å². The van der Waals surface area contributed by atoms with Gasteiger partial charge in [-0.3, -0.25) is 9.69 Å². The number of fused-ring (bicyclic) bond motifs is 1. The normalized spacial score (nSPS) is 18.5. The largest absolute Gasteiger partial charge is 0.454 e. The third-order valence-corrected chi connectivity index (χ3v) is 6.21. The average Bonchev–Trinajstić information content (AvgIpc) is 3.23. The lowest BCUT2D eigenvalue weighted by atomic mass is 10.1. The van der Waals surface area contributed by atoms with Gasteiger partial charge in [-0.25, -0.2) is 4.99 Å². The lowest BCUT2D eigenvalue weighted by Crippen LogP contribution is -2.32. The van der Waals surface area contributed by atoms with E-state index in [1.807, 2.05) is 30.3 Å². The highest BCUT2D eigenvalue weighted by molar-refractivity contribution is 9.10. The SMILES string of the molecule is CC(C)CN1C(=O)/C(=C/c2cc3c(cc2Br)OCO3)SC1=Nc1ccc(Cl)cc1. The number of benzene rings is 2. The van der Waals surface area contributed by atoms with Crippen molar-refractivity contribution in [1.82, 2.24) is 4.90 Å². The Labute approximate surface area is 186 Å². The summed E-state index contributed by atoms with van der Waals surface area (Å²) in [5.41, 5.74) is 1.60. The van der Waals surface area contributed by atoms with E-state index in [1.54, 1.807) is 17.0 Å². The van der Waals surface area contributed by atoms with E-state index < -0.39 is 0 Å². The quantitative estimate of drug-likeness (QED) is 0.484. The van der Waals surface area contributed by atoms with Crippen LogP contribution >= 0.6 is 39.3 Å². The first-order valence-corrected chi connectivity index (χ1v) is 11.0. The van der Waals surface area contributed by atoms with E-state index in [-0.39, 0.29) is 12.7 Å². The molecule has 150 valence electrons. The molecule has 5 nitrogen and oxygen atoms in total. The third kappa shape index (κ3) is 4.47. The van der Waals surface area contributed by atoms with Crippen molar-refractivity contribution in [2.24, 2.45) is 10.9 Å². The molecule has 4 rings (SSSR count). The molecule has 0 radical (unpaired) electrons. The summed E-state index contributed by atoms with van der Waals surface area (Å²) in [5.74, 6) is 1.62. The number of hydrogen-bond acceptors (Lipinski definition) is 5. The van der Waals surface area contributed by atoms with Gasteiger partial charge in [-0.2, -0.15) is 0 Å². The van der Waals surface area contributed by atoms with Gasteiger partial charge in [0.1, 0.15) is 0 Å². The second-order valence-electron chi connectivity index (χ2n) is 7.02. The molecule has 8 heteroatoms. The maximum atomic E-state index is 13.1. The molecular weight excluding hydrogens is 476 g/mol. The van der Waals surface area contributed by atoms with Crippen LogP contribution in [-0.2, 0) is 4.79 Å². The Morgan fingerprint density at radius 3 is 2.62 bits per heavy atom. The van der Waals surface area contributed by atoms with E-state index in [1.165, 1.54) is 11.8 Å². The van der Waals surface area contributed by atoms with Gasteiger partial charge in [-0.1, -0.05) is 41.4 Å². The number of rotatable bonds is 4. The van der Waals surface area contributed by atoms with Crippen molar-refractivity contribution in [2.75, 3.05) is 13.3 Å². The number of carbonyl (C=O) groups excluding carboxylic acids is 1. The van der Waals surface area contributed by atoms with Crippen molar-refractivity contribution in [1.29, 1.82) is 0 Å². The fraction of sp³-hybridized carbons (Fsp3) is 0.238. The number of amides is 1. The molecule has 2 heterocycles. The Kier molecular flexibility index (Phi) is 5.90. The Bertz CT molecular complexity index is 1020. The first-order chi connectivity index (χ1) is 13.9. The smallest absolute Gasteiger partial charge is 0.266 e. The Hall–Kier alpha value is -1.96. The maximum absolute atomic E-state index is 13.1. The van der Waals surface area contributed by atoms with Gasteiger partial charge in [-0.15, -0.1) is 0 Å². The fourth-order valence-corrected chi connectivity index (χ4v) is 4.49.